The maximum absolute atomic E-state index is 14.7. The first-order valence-electron chi connectivity index (χ1n) is 13.2. The van der Waals surface area contributed by atoms with E-state index >= 15 is 0 Å². The fourth-order valence-corrected chi connectivity index (χ4v) is 5.32. The predicted octanol–water partition coefficient (Wildman–Crippen LogP) is 5.46. The van der Waals surface area contributed by atoms with E-state index in [1.54, 1.807) is 14.2 Å². The van der Waals surface area contributed by atoms with Gasteiger partial charge < -0.3 is 29.2 Å². The molecule has 6 nitrogen and oxygen atoms in total. The lowest BCUT2D eigenvalue weighted by molar-refractivity contribution is -0.0831. The Bertz CT molecular complexity index is 1410. The zero-order valence-corrected chi connectivity index (χ0v) is 23.0. The maximum Gasteiger partial charge on any atom is 0.143 e. The molecule has 1 aliphatic heterocycles. The molecule has 0 aromatic heterocycles. The van der Waals surface area contributed by atoms with Crippen molar-refractivity contribution in [2.75, 3.05) is 20.8 Å². The number of benzene rings is 4. The molecule has 0 radical (unpaired) electrons. The Labute approximate surface area is 237 Å². The van der Waals surface area contributed by atoms with Gasteiger partial charge in [0.2, 0.25) is 0 Å². The van der Waals surface area contributed by atoms with Crippen molar-refractivity contribution < 1.29 is 37.9 Å². The number of methoxy groups -OCH3 is 2. The lowest BCUT2D eigenvalue weighted by atomic mass is 9.80. The number of ether oxygens (including phenoxy) is 4. The van der Waals surface area contributed by atoms with E-state index in [4.69, 9.17) is 18.9 Å². The molecule has 1 saturated heterocycles. The third-order valence-corrected chi connectivity index (χ3v) is 7.58. The van der Waals surface area contributed by atoms with Gasteiger partial charge in [0.1, 0.15) is 53.2 Å². The van der Waals surface area contributed by atoms with Crippen LogP contribution >= 0.6 is 0 Å². The standard InChI is InChI=1S/C33H32F2O6/c1-20-17-26(28(35)18-27(20)34)32-31(37)30(36)29(41-32)19-40-33(21-7-5-4-6-8-21,22-9-13-24(38-2)14-10-22)23-11-15-25(39-3)16-12-23/h4-18,29-32,36-37H,19H2,1-3H3/t29-,30+,31?,32+/m1/s1. The Hall–Kier alpha value is -3.82. The van der Waals surface area contributed by atoms with E-state index in [1.807, 2.05) is 78.9 Å². The monoisotopic (exact) mass is 562 g/mol. The summed E-state index contributed by atoms with van der Waals surface area (Å²) in [5.41, 5.74) is 1.36. The number of rotatable bonds is 9. The van der Waals surface area contributed by atoms with E-state index in [9.17, 15) is 19.0 Å². The summed E-state index contributed by atoms with van der Waals surface area (Å²) < 4.78 is 52.1. The summed E-state index contributed by atoms with van der Waals surface area (Å²) in [5, 5.41) is 21.8. The van der Waals surface area contributed by atoms with Crippen LogP contribution in [0.3, 0.4) is 0 Å². The van der Waals surface area contributed by atoms with E-state index < -0.39 is 41.7 Å². The zero-order chi connectivity index (χ0) is 29.1. The summed E-state index contributed by atoms with van der Waals surface area (Å²) in [4.78, 5) is 0. The largest absolute Gasteiger partial charge is 0.497 e. The average Bonchev–Trinajstić information content (AvgIpc) is 3.29. The lowest BCUT2D eigenvalue weighted by Gasteiger charge is -2.37. The number of hydrogen-bond acceptors (Lipinski definition) is 6. The van der Waals surface area contributed by atoms with Gasteiger partial charge in [-0.05, 0) is 59.5 Å². The minimum absolute atomic E-state index is 0.0300. The van der Waals surface area contributed by atoms with Gasteiger partial charge in [0, 0.05) is 11.6 Å². The Morgan fingerprint density at radius 1 is 0.732 bits per heavy atom. The second kappa shape index (κ2) is 12.0. The highest BCUT2D eigenvalue weighted by Gasteiger charge is 2.47. The molecule has 4 atom stereocenters. The van der Waals surface area contributed by atoms with E-state index in [2.05, 4.69) is 0 Å². The Kier molecular flexibility index (Phi) is 8.37. The van der Waals surface area contributed by atoms with Gasteiger partial charge in [-0.2, -0.15) is 0 Å². The van der Waals surface area contributed by atoms with Crippen molar-refractivity contribution in [2.24, 2.45) is 0 Å². The molecule has 1 fully saturated rings. The molecule has 1 unspecified atom stereocenters. The molecular formula is C33H32F2O6. The summed E-state index contributed by atoms with van der Waals surface area (Å²) in [6, 6.07) is 26.6. The first kappa shape index (κ1) is 28.7. The Morgan fingerprint density at radius 3 is 1.80 bits per heavy atom. The van der Waals surface area contributed by atoms with E-state index in [1.165, 1.54) is 13.0 Å². The predicted molar refractivity (Wildman–Crippen MR) is 149 cm³/mol. The highest BCUT2D eigenvalue weighted by atomic mass is 19.1. The number of hydrogen-bond donors (Lipinski definition) is 2. The Balaban J connectivity index is 1.55. The molecule has 0 amide bonds. The van der Waals surface area contributed by atoms with Gasteiger partial charge in [-0.1, -0.05) is 54.6 Å². The van der Waals surface area contributed by atoms with Crippen LogP contribution in [0.1, 0.15) is 33.9 Å². The van der Waals surface area contributed by atoms with Gasteiger partial charge in [-0.25, -0.2) is 8.78 Å². The third-order valence-electron chi connectivity index (χ3n) is 7.58. The molecule has 0 bridgehead atoms. The molecule has 0 spiro atoms. The van der Waals surface area contributed by atoms with Crippen molar-refractivity contribution in [1.82, 2.24) is 0 Å². The summed E-state index contributed by atoms with van der Waals surface area (Å²) in [5.74, 6) is -0.225. The molecule has 1 heterocycles. The van der Waals surface area contributed by atoms with Crippen LogP contribution in [0.15, 0.2) is 91.0 Å². The van der Waals surface area contributed by atoms with Crippen LogP contribution in [-0.2, 0) is 15.1 Å². The van der Waals surface area contributed by atoms with Crippen LogP contribution in [0.2, 0.25) is 0 Å². The van der Waals surface area contributed by atoms with E-state index in [0.717, 1.165) is 22.8 Å². The fraction of sp³-hybridized carbons (Fsp3) is 0.273. The summed E-state index contributed by atoms with van der Waals surface area (Å²) in [6.45, 7) is 1.33. The van der Waals surface area contributed by atoms with Crippen LogP contribution in [0.4, 0.5) is 8.78 Å². The minimum atomic E-state index is -1.45. The second-order valence-electron chi connectivity index (χ2n) is 10.0. The fourth-order valence-electron chi connectivity index (χ4n) is 5.32. The van der Waals surface area contributed by atoms with E-state index in [-0.39, 0.29) is 17.7 Å². The first-order valence-corrected chi connectivity index (χ1v) is 13.2. The molecule has 41 heavy (non-hydrogen) atoms. The zero-order valence-electron chi connectivity index (χ0n) is 23.0. The molecule has 0 aliphatic carbocycles. The number of aliphatic hydroxyl groups is 2. The first-order chi connectivity index (χ1) is 19.8. The van der Waals surface area contributed by atoms with Gasteiger partial charge in [0.05, 0.1) is 20.8 Å². The quantitative estimate of drug-likeness (QED) is 0.264. The maximum atomic E-state index is 14.7. The average molecular weight is 563 g/mol. The van der Waals surface area contributed by atoms with Crippen molar-refractivity contribution >= 4 is 0 Å². The Morgan fingerprint density at radius 2 is 1.27 bits per heavy atom. The van der Waals surface area contributed by atoms with Crippen molar-refractivity contribution in [1.29, 1.82) is 0 Å². The molecule has 4 aromatic carbocycles. The molecule has 8 heteroatoms. The summed E-state index contributed by atoms with van der Waals surface area (Å²) in [6.07, 6.45) is -5.05. The van der Waals surface area contributed by atoms with Crippen LogP contribution in [0.5, 0.6) is 11.5 Å². The summed E-state index contributed by atoms with van der Waals surface area (Å²) >= 11 is 0. The van der Waals surface area contributed by atoms with Gasteiger partial charge in [-0.15, -0.1) is 0 Å². The third kappa shape index (κ3) is 5.44. The summed E-state index contributed by atoms with van der Waals surface area (Å²) in [7, 11) is 3.18. The lowest BCUT2D eigenvalue weighted by Crippen LogP contribution is -2.39. The van der Waals surface area contributed by atoms with E-state index in [0.29, 0.717) is 11.5 Å². The molecule has 0 saturated carbocycles. The van der Waals surface area contributed by atoms with Crippen molar-refractivity contribution in [3.63, 3.8) is 0 Å². The molecule has 5 rings (SSSR count). The minimum Gasteiger partial charge on any atom is -0.497 e. The van der Waals surface area contributed by atoms with Crippen LogP contribution in [-0.4, -0.2) is 49.4 Å². The van der Waals surface area contributed by atoms with Crippen LogP contribution < -0.4 is 9.47 Å². The van der Waals surface area contributed by atoms with Gasteiger partial charge >= 0.3 is 0 Å². The van der Waals surface area contributed by atoms with Crippen molar-refractivity contribution in [2.45, 2.75) is 36.9 Å². The van der Waals surface area contributed by atoms with Gasteiger partial charge in [-0.3, -0.25) is 0 Å². The molecule has 4 aromatic rings. The number of aryl methyl sites for hydroxylation is 1. The second-order valence-corrected chi connectivity index (χ2v) is 10.0. The number of aliphatic hydroxyl groups excluding tert-OH is 2. The molecule has 1 aliphatic rings. The molecule has 214 valence electrons. The van der Waals surface area contributed by atoms with Gasteiger partial charge in [0.15, 0.2) is 0 Å². The van der Waals surface area contributed by atoms with Crippen LogP contribution in [0.25, 0.3) is 0 Å². The van der Waals surface area contributed by atoms with Gasteiger partial charge in [0.25, 0.3) is 0 Å². The normalized spacial score (nSPS) is 20.7. The highest BCUT2D eigenvalue weighted by molar-refractivity contribution is 5.49. The smallest absolute Gasteiger partial charge is 0.143 e. The number of halogens is 2. The van der Waals surface area contributed by atoms with Crippen molar-refractivity contribution in [3.8, 4) is 11.5 Å². The topological polar surface area (TPSA) is 77.4 Å². The van der Waals surface area contributed by atoms with Crippen LogP contribution in [0, 0.1) is 18.6 Å². The van der Waals surface area contributed by atoms with Crippen molar-refractivity contribution in [3.05, 3.63) is 130 Å². The highest BCUT2D eigenvalue weighted by Crippen LogP contribution is 2.43. The molecular weight excluding hydrogens is 530 g/mol. The molecule has 2 N–H and O–H groups in total. The SMILES string of the molecule is COc1ccc(C(OC[C@H]2O[C@@H](c3cc(C)c(F)cc3F)C(O)[C@H]2O)(c2ccccc2)c2ccc(OC)cc2)cc1.